The van der Waals surface area contributed by atoms with Crippen LogP contribution < -0.4 is 4.74 Å². The number of benzene rings is 1. The molecule has 0 atom stereocenters. The molecule has 0 unspecified atom stereocenters. The second-order valence-corrected chi connectivity index (χ2v) is 3.22. The number of hydrogen-bond acceptors (Lipinski definition) is 3. The van der Waals surface area contributed by atoms with Crippen molar-refractivity contribution in [2.24, 2.45) is 0 Å². The van der Waals surface area contributed by atoms with Gasteiger partial charge in [0.05, 0.1) is 5.56 Å². The van der Waals surface area contributed by atoms with Crippen molar-refractivity contribution < 1.29 is 19.0 Å². The fourth-order valence-corrected chi connectivity index (χ4v) is 1.21. The van der Waals surface area contributed by atoms with Crippen molar-refractivity contribution in [3.63, 3.8) is 0 Å². The summed E-state index contributed by atoms with van der Waals surface area (Å²) in [6, 6.07) is 8.61. The zero-order valence-corrected chi connectivity index (χ0v) is 8.63. The standard InChI is InChI=1S/C12H8FNO3/c13-9-3-1-2-4-10(9)17-11-6-5-8(7-14-11)12(15)16/h1-7H,(H,15,16). The molecule has 0 spiro atoms. The van der Waals surface area contributed by atoms with Gasteiger partial charge in [-0.25, -0.2) is 14.2 Å². The Morgan fingerprint density at radius 1 is 1.24 bits per heavy atom. The number of nitrogens with zero attached hydrogens (tertiary/aromatic N) is 1. The monoisotopic (exact) mass is 233 g/mol. The minimum Gasteiger partial charge on any atom is -0.478 e. The Labute approximate surface area is 96.3 Å². The van der Waals surface area contributed by atoms with E-state index in [4.69, 9.17) is 9.84 Å². The van der Waals surface area contributed by atoms with Crippen LogP contribution in [0.1, 0.15) is 10.4 Å². The van der Waals surface area contributed by atoms with Crippen molar-refractivity contribution in [2.45, 2.75) is 0 Å². The van der Waals surface area contributed by atoms with E-state index >= 15 is 0 Å². The van der Waals surface area contributed by atoms with Gasteiger partial charge in [0, 0.05) is 12.3 Å². The van der Waals surface area contributed by atoms with Crippen molar-refractivity contribution >= 4 is 5.97 Å². The molecule has 0 radical (unpaired) electrons. The topological polar surface area (TPSA) is 59.4 Å². The van der Waals surface area contributed by atoms with E-state index in [0.29, 0.717) is 0 Å². The number of ether oxygens (including phenoxy) is 1. The van der Waals surface area contributed by atoms with Gasteiger partial charge in [-0.1, -0.05) is 12.1 Å². The molecule has 0 saturated carbocycles. The van der Waals surface area contributed by atoms with Crippen LogP contribution in [0, 0.1) is 5.82 Å². The van der Waals surface area contributed by atoms with Gasteiger partial charge in [-0.2, -0.15) is 0 Å². The maximum absolute atomic E-state index is 13.2. The highest BCUT2D eigenvalue weighted by atomic mass is 19.1. The largest absolute Gasteiger partial charge is 0.478 e. The van der Waals surface area contributed by atoms with Crippen LogP contribution in [0.25, 0.3) is 0 Å². The Hall–Kier alpha value is -2.43. The molecule has 0 aliphatic rings. The number of halogens is 1. The van der Waals surface area contributed by atoms with Gasteiger partial charge in [-0.15, -0.1) is 0 Å². The highest BCUT2D eigenvalue weighted by Gasteiger charge is 2.06. The average molecular weight is 233 g/mol. The Morgan fingerprint density at radius 3 is 2.59 bits per heavy atom. The molecule has 5 heteroatoms. The number of carboxylic acids is 1. The molecule has 0 fully saturated rings. The summed E-state index contributed by atoms with van der Waals surface area (Å²) in [5, 5.41) is 8.67. The number of hydrogen-bond donors (Lipinski definition) is 1. The van der Waals surface area contributed by atoms with Gasteiger partial charge in [-0.05, 0) is 18.2 Å². The summed E-state index contributed by atoms with van der Waals surface area (Å²) in [7, 11) is 0. The highest BCUT2D eigenvalue weighted by Crippen LogP contribution is 2.22. The maximum Gasteiger partial charge on any atom is 0.337 e. The number of carboxylic acid groups (broad SMARTS) is 1. The summed E-state index contributed by atoms with van der Waals surface area (Å²) in [6.07, 6.45) is 1.15. The Balaban J connectivity index is 2.20. The van der Waals surface area contributed by atoms with Gasteiger partial charge < -0.3 is 9.84 Å². The number of rotatable bonds is 3. The van der Waals surface area contributed by atoms with E-state index in [1.54, 1.807) is 12.1 Å². The van der Waals surface area contributed by atoms with E-state index in [-0.39, 0.29) is 17.2 Å². The fraction of sp³-hybridized carbons (Fsp3) is 0. The molecule has 0 amide bonds. The van der Waals surface area contributed by atoms with Crippen LogP contribution in [-0.4, -0.2) is 16.1 Å². The average Bonchev–Trinajstić information content (AvgIpc) is 2.33. The van der Waals surface area contributed by atoms with E-state index in [9.17, 15) is 9.18 Å². The van der Waals surface area contributed by atoms with E-state index in [1.165, 1.54) is 24.3 Å². The number of aromatic carboxylic acids is 1. The smallest absolute Gasteiger partial charge is 0.337 e. The summed E-state index contributed by atoms with van der Waals surface area (Å²) in [5.41, 5.74) is 0.0471. The minimum atomic E-state index is -1.07. The molecule has 0 bridgehead atoms. The van der Waals surface area contributed by atoms with Crippen molar-refractivity contribution in [3.8, 4) is 11.6 Å². The molecule has 17 heavy (non-hydrogen) atoms. The van der Waals surface area contributed by atoms with Crippen LogP contribution in [0.5, 0.6) is 11.6 Å². The molecule has 4 nitrogen and oxygen atoms in total. The van der Waals surface area contributed by atoms with Gasteiger partial charge in [-0.3, -0.25) is 0 Å². The lowest BCUT2D eigenvalue weighted by molar-refractivity contribution is 0.0696. The second-order valence-electron chi connectivity index (χ2n) is 3.22. The third-order valence-electron chi connectivity index (χ3n) is 2.03. The molecule has 2 aromatic rings. The lowest BCUT2D eigenvalue weighted by atomic mass is 10.3. The summed E-state index contributed by atoms with van der Waals surface area (Å²) in [5.74, 6) is -1.39. The normalized spacial score (nSPS) is 9.94. The Morgan fingerprint density at radius 2 is 2.00 bits per heavy atom. The van der Waals surface area contributed by atoms with Crippen molar-refractivity contribution in [1.29, 1.82) is 0 Å². The lowest BCUT2D eigenvalue weighted by Gasteiger charge is -2.05. The number of aromatic nitrogens is 1. The van der Waals surface area contributed by atoms with Crippen molar-refractivity contribution in [2.75, 3.05) is 0 Å². The van der Waals surface area contributed by atoms with Gasteiger partial charge in [0.15, 0.2) is 11.6 Å². The zero-order chi connectivity index (χ0) is 12.3. The van der Waals surface area contributed by atoms with Crippen molar-refractivity contribution in [3.05, 3.63) is 54.0 Å². The van der Waals surface area contributed by atoms with E-state index < -0.39 is 11.8 Å². The van der Waals surface area contributed by atoms with E-state index in [2.05, 4.69) is 4.98 Å². The quantitative estimate of drug-likeness (QED) is 0.885. The molecular weight excluding hydrogens is 225 g/mol. The molecular formula is C12H8FNO3. The third kappa shape index (κ3) is 2.57. The van der Waals surface area contributed by atoms with Gasteiger partial charge >= 0.3 is 5.97 Å². The first-order valence-electron chi connectivity index (χ1n) is 4.78. The second kappa shape index (κ2) is 4.61. The number of pyridine rings is 1. The molecule has 1 aromatic heterocycles. The minimum absolute atomic E-state index is 0.0445. The molecule has 0 aliphatic carbocycles. The Bertz CT molecular complexity index is 540. The lowest BCUT2D eigenvalue weighted by Crippen LogP contribution is -1.97. The first kappa shape index (κ1) is 11.1. The fourth-order valence-electron chi connectivity index (χ4n) is 1.21. The van der Waals surface area contributed by atoms with Crippen LogP contribution in [0.2, 0.25) is 0 Å². The maximum atomic E-state index is 13.2. The van der Waals surface area contributed by atoms with Gasteiger partial charge in [0.25, 0.3) is 0 Å². The first-order chi connectivity index (χ1) is 8.16. The summed E-state index contributed by atoms with van der Waals surface area (Å²) < 4.78 is 18.4. The molecule has 1 N–H and O–H groups in total. The number of carbonyl (C=O) groups is 1. The molecule has 86 valence electrons. The molecule has 0 saturated heterocycles. The molecule has 0 aliphatic heterocycles. The summed E-state index contributed by atoms with van der Waals surface area (Å²) >= 11 is 0. The molecule has 1 heterocycles. The third-order valence-corrected chi connectivity index (χ3v) is 2.03. The van der Waals surface area contributed by atoms with Crippen LogP contribution in [0.3, 0.4) is 0 Å². The Kier molecular flexibility index (Phi) is 3.00. The first-order valence-corrected chi connectivity index (χ1v) is 4.78. The SMILES string of the molecule is O=C(O)c1ccc(Oc2ccccc2F)nc1. The van der Waals surface area contributed by atoms with Crippen molar-refractivity contribution in [1.82, 2.24) is 4.98 Å². The summed E-state index contributed by atoms with van der Waals surface area (Å²) in [6.45, 7) is 0. The molecule has 1 aromatic carbocycles. The predicted molar refractivity (Wildman–Crippen MR) is 57.7 cm³/mol. The van der Waals surface area contributed by atoms with E-state index in [0.717, 1.165) is 6.20 Å². The van der Waals surface area contributed by atoms with Crippen LogP contribution in [-0.2, 0) is 0 Å². The highest BCUT2D eigenvalue weighted by molar-refractivity contribution is 5.87. The molecule has 2 rings (SSSR count). The summed E-state index contributed by atoms with van der Waals surface area (Å²) in [4.78, 5) is 14.4. The zero-order valence-electron chi connectivity index (χ0n) is 8.63. The predicted octanol–water partition coefficient (Wildman–Crippen LogP) is 2.71. The van der Waals surface area contributed by atoms with Gasteiger partial charge in [0.1, 0.15) is 0 Å². The van der Waals surface area contributed by atoms with E-state index in [1.807, 2.05) is 0 Å². The van der Waals surface area contributed by atoms with Gasteiger partial charge in [0.2, 0.25) is 5.88 Å². The number of para-hydroxylation sites is 1. The van der Waals surface area contributed by atoms with Crippen LogP contribution >= 0.6 is 0 Å². The van der Waals surface area contributed by atoms with Crippen LogP contribution in [0.4, 0.5) is 4.39 Å². The van der Waals surface area contributed by atoms with Crippen LogP contribution in [0.15, 0.2) is 42.6 Å².